The van der Waals surface area contributed by atoms with Crippen molar-refractivity contribution in [3.63, 3.8) is 0 Å². The number of aryl methyl sites for hydroxylation is 1. The molecule has 0 N–H and O–H groups in total. The third-order valence-electron chi connectivity index (χ3n) is 21.7. The van der Waals surface area contributed by atoms with E-state index >= 15 is 0 Å². The first-order chi connectivity index (χ1) is 63.8. The van der Waals surface area contributed by atoms with Crippen LogP contribution in [0.5, 0.6) is 28.7 Å². The molecule has 0 heterocycles. The topological polar surface area (TPSA) is 104 Å². The Morgan fingerprint density at radius 3 is 0.844 bits per heavy atom. The SMILES string of the molecule is CC(C)(C)c1ccc(C#N)cc1.CC(C)(C)c1ccc(C(F)(F)F)cc1.CC(C)(C)c1ccc(Cl)cc1.CC(C)(C)c1ccc(F)cc1.CC(C)(C)c1ccc(OC(F)(F)F)cc1.CC(C)(C)c1ccc(S(C)(=O)=O)cc1.CC(C)(C)c1ccccc1F.COc1cc(C(C)(C)C)ccc1C(F)(F)F.COc1ccc(C(C)(C)C)cc1.COc1ccc(C(C)(C)C)cc1OC.Cc1ccc(C(C)(C)C)cc1. The second kappa shape index (κ2) is 53.6. The van der Waals surface area contributed by atoms with E-state index in [1.807, 2.05) is 180 Å². The van der Waals surface area contributed by atoms with Gasteiger partial charge in [-0.15, -0.1) is 13.2 Å². The summed E-state index contributed by atoms with van der Waals surface area (Å²) in [4.78, 5) is 0.380. The molecule has 0 aliphatic heterocycles. The molecule has 0 bridgehead atoms. The van der Waals surface area contributed by atoms with Crippen LogP contribution >= 0.6 is 11.6 Å². The third kappa shape index (κ3) is 49.8. The molecule has 0 radical (unpaired) electrons. The van der Waals surface area contributed by atoms with Gasteiger partial charge in [0.25, 0.3) is 0 Å². The van der Waals surface area contributed by atoms with Gasteiger partial charge in [-0.1, -0.05) is 385 Å². The Morgan fingerprint density at radius 2 is 0.560 bits per heavy atom. The third-order valence-corrected chi connectivity index (χ3v) is 23.0. The van der Waals surface area contributed by atoms with E-state index in [-0.39, 0.29) is 82.7 Å². The average molecular weight is 2000 g/mol. The van der Waals surface area contributed by atoms with E-state index in [0.717, 1.165) is 73.9 Å². The van der Waals surface area contributed by atoms with Crippen LogP contribution < -0.4 is 23.7 Å². The van der Waals surface area contributed by atoms with E-state index in [0.29, 0.717) is 4.90 Å². The molecule has 0 aliphatic rings. The van der Waals surface area contributed by atoms with Crippen molar-refractivity contribution >= 4 is 21.4 Å². The molecule has 0 aromatic heterocycles. The molecule has 0 amide bonds. The first kappa shape index (κ1) is 128. The van der Waals surface area contributed by atoms with Crippen LogP contribution in [0, 0.1) is 29.9 Å². The van der Waals surface area contributed by atoms with Gasteiger partial charge < -0.3 is 23.7 Å². The van der Waals surface area contributed by atoms with Gasteiger partial charge in [0.2, 0.25) is 0 Å². The molecule has 0 atom stereocenters. The van der Waals surface area contributed by atoms with Crippen LogP contribution in [-0.2, 0) is 81.8 Å². The first-order valence-corrected chi connectivity index (χ1v) is 48.9. The summed E-state index contributed by atoms with van der Waals surface area (Å²) in [7, 11) is 3.17. The highest BCUT2D eigenvalue weighted by Gasteiger charge is 2.36. The zero-order valence-corrected chi connectivity index (χ0v) is 92.6. The Bertz CT molecular complexity index is 5490. The molecule has 8 nitrogen and oxygen atoms in total. The number of nitrogens with zero attached hydrogens (tertiary/aromatic N) is 1. The first-order valence-electron chi connectivity index (χ1n) is 46.7. The molecule has 0 fully saturated rings. The Labute approximate surface area is 844 Å². The van der Waals surface area contributed by atoms with Gasteiger partial charge in [-0.25, -0.2) is 17.2 Å². The molecule has 141 heavy (non-hydrogen) atoms. The van der Waals surface area contributed by atoms with Crippen LogP contribution in [0.3, 0.4) is 0 Å². The molecular formula is C120H159ClF11NO7S. The van der Waals surface area contributed by atoms with E-state index in [4.69, 9.17) is 35.8 Å². The Morgan fingerprint density at radius 1 is 0.284 bits per heavy atom. The minimum Gasteiger partial charge on any atom is -0.497 e. The number of rotatable bonds is 6. The number of hydrogen-bond donors (Lipinski definition) is 0. The highest BCUT2D eigenvalue weighted by Crippen LogP contribution is 2.41. The summed E-state index contributed by atoms with van der Waals surface area (Å²) in [6, 6.07) is 76.8. The van der Waals surface area contributed by atoms with Crippen molar-refractivity contribution in [1.29, 1.82) is 5.26 Å². The van der Waals surface area contributed by atoms with Crippen LogP contribution in [0.2, 0.25) is 5.02 Å². The maximum atomic E-state index is 13.1. The van der Waals surface area contributed by atoms with Gasteiger partial charge in [0.15, 0.2) is 21.3 Å². The molecular weight excluding hydrogens is 1840 g/mol. The lowest BCUT2D eigenvalue weighted by Gasteiger charge is -2.21. The summed E-state index contributed by atoms with van der Waals surface area (Å²) >= 11 is 5.76. The quantitative estimate of drug-likeness (QED) is 0.152. The van der Waals surface area contributed by atoms with E-state index in [2.05, 4.69) is 218 Å². The Hall–Kier alpha value is -10.6. The van der Waals surface area contributed by atoms with Crippen LogP contribution in [-0.4, -0.2) is 49.5 Å². The molecule has 0 aliphatic carbocycles. The summed E-state index contributed by atoms with van der Waals surface area (Å²) in [5.41, 5.74) is 13.9. The van der Waals surface area contributed by atoms with Crippen LogP contribution in [0.15, 0.2) is 260 Å². The van der Waals surface area contributed by atoms with Gasteiger partial charge in [0.05, 0.1) is 56.1 Å². The zero-order chi connectivity index (χ0) is 109. The van der Waals surface area contributed by atoms with Crippen LogP contribution in [0.4, 0.5) is 48.3 Å². The highest BCUT2D eigenvalue weighted by molar-refractivity contribution is 7.90. The summed E-state index contributed by atoms with van der Waals surface area (Å²) in [5, 5.41) is 9.38. The minimum absolute atomic E-state index is 0.0655. The van der Waals surface area contributed by atoms with Crippen molar-refractivity contribution in [1.82, 2.24) is 0 Å². The van der Waals surface area contributed by atoms with E-state index in [9.17, 15) is 56.7 Å². The van der Waals surface area contributed by atoms with Crippen molar-refractivity contribution in [3.8, 4) is 34.8 Å². The lowest BCUT2D eigenvalue weighted by atomic mass is 9.86. The minimum atomic E-state index is -4.62. The standard InChI is InChI=1S/C12H15F3O.C12H18O2.C11H13F3O.C11H13F3.C11H13N.C11H16O2S.C11H16O.C11H16.C10H13Cl.2C10H13F/c1-11(2,3)8-5-6-9(12(13,14)15)10(7-8)16-4;1-12(2,3)9-6-7-10(13-4)11(8-9)14-5;1-10(2,3)8-4-6-9(7-5-8)15-11(12,13)14;1-10(2,3)8-4-6-9(7-5-8)11(12,13)14;1-11(2,3)10-6-4-9(8-12)5-7-10;1-11(2,3)9-5-7-10(8-6-9)14(4,12)13;1-11(2,3)9-5-7-10(12-4)8-6-9;1-9-5-7-10(8-6-9)11(2,3)4;2*1-10(2,3)8-4-6-9(11)7-5-8;1-10(2,3)8-6-4-5-7-9(8)11/h5-7H,1-4H3;6-8H,1-5H3;4-7H,1-3H3;4-7H,1-3H3;4-7H,1-3H3;5-8H,1-4H3;5-8H,1-4H3;5-8H,1-4H3;3*4-7H,1-3H3. The summed E-state index contributed by atoms with van der Waals surface area (Å²) < 4.78 is 182. The molecule has 0 spiro atoms. The molecule has 0 saturated carbocycles. The molecule has 11 aromatic carbocycles. The lowest BCUT2D eigenvalue weighted by molar-refractivity contribution is -0.274. The predicted molar refractivity (Wildman–Crippen MR) is 567 cm³/mol. The average Bonchev–Trinajstić information content (AvgIpc) is 0.793. The number of sulfone groups is 1. The van der Waals surface area contributed by atoms with Crippen molar-refractivity contribution in [2.75, 3.05) is 34.7 Å². The normalized spacial score (nSPS) is 12.0. The molecule has 11 aromatic rings. The van der Waals surface area contributed by atoms with Crippen LogP contribution in [0.25, 0.3) is 0 Å². The highest BCUT2D eigenvalue weighted by atomic mass is 35.5. The van der Waals surface area contributed by atoms with Gasteiger partial charge >= 0.3 is 18.7 Å². The van der Waals surface area contributed by atoms with E-state index < -0.39 is 39.7 Å². The molecule has 0 saturated heterocycles. The fourth-order valence-electron chi connectivity index (χ4n) is 12.4. The fraction of sp³-hybridized carbons (Fsp3) is 0.442. The largest absolute Gasteiger partial charge is 0.573 e. The molecule has 11 rings (SSSR count). The second-order valence-electron chi connectivity index (χ2n) is 45.5. The zero-order valence-electron chi connectivity index (χ0n) is 91.0. The maximum absolute atomic E-state index is 13.1. The van der Waals surface area contributed by atoms with Gasteiger partial charge in [0, 0.05) is 11.3 Å². The monoisotopic (exact) mass is 2000 g/mol. The number of nitriles is 1. The second-order valence-corrected chi connectivity index (χ2v) is 47.9. The summed E-state index contributed by atoms with van der Waals surface area (Å²) in [5.74, 6) is 1.90. The van der Waals surface area contributed by atoms with Gasteiger partial charge in [-0.2, -0.15) is 31.6 Å². The maximum Gasteiger partial charge on any atom is 0.573 e. The number of hydrogen-bond acceptors (Lipinski definition) is 8. The number of alkyl halides is 9. The van der Waals surface area contributed by atoms with Crippen molar-refractivity contribution in [2.45, 2.75) is 319 Å². The van der Waals surface area contributed by atoms with Crippen molar-refractivity contribution in [3.05, 3.63) is 355 Å². The Balaban J connectivity index is 0.000000777. The van der Waals surface area contributed by atoms with Crippen molar-refractivity contribution in [2.24, 2.45) is 0 Å². The summed E-state index contributed by atoms with van der Waals surface area (Å²) in [6.07, 6.45) is -12.0. The van der Waals surface area contributed by atoms with Crippen LogP contribution in [0.1, 0.15) is 312 Å². The summed E-state index contributed by atoms with van der Waals surface area (Å²) in [6.45, 7) is 71.4. The van der Waals surface area contributed by atoms with Crippen molar-refractivity contribution < 1.29 is 80.4 Å². The van der Waals surface area contributed by atoms with E-state index in [1.165, 1.54) is 107 Å². The van der Waals surface area contributed by atoms with Gasteiger partial charge in [0.1, 0.15) is 28.9 Å². The number of methoxy groups -OCH3 is 4. The van der Waals surface area contributed by atoms with Gasteiger partial charge in [-0.3, -0.25) is 0 Å². The smallest absolute Gasteiger partial charge is 0.497 e. The predicted octanol–water partition coefficient (Wildman–Crippen LogP) is 36.3. The van der Waals surface area contributed by atoms with E-state index in [1.54, 1.807) is 51.7 Å². The number of ether oxygens (including phenoxy) is 5. The lowest BCUT2D eigenvalue weighted by Crippen LogP contribution is -2.17. The van der Waals surface area contributed by atoms with Gasteiger partial charge in [-0.05, 0) is 243 Å². The molecule has 0 unspecified atom stereocenters. The molecule has 21 heteroatoms. The number of benzene rings is 11. The molecule has 776 valence electrons. The Kier molecular flexibility index (Phi) is 48.8. The number of halogens is 12. The fourth-order valence-corrected chi connectivity index (χ4v) is 13.1.